The minimum absolute atomic E-state index is 0.0752. The quantitative estimate of drug-likeness (QED) is 0.682. The highest BCUT2D eigenvalue weighted by molar-refractivity contribution is 5.77. The van der Waals surface area contributed by atoms with Crippen molar-refractivity contribution in [2.45, 2.75) is 32.8 Å². The Hall–Kier alpha value is -0.610. The van der Waals surface area contributed by atoms with E-state index in [-0.39, 0.29) is 12.1 Å². The molecular formula is C10H19NO3. The van der Waals surface area contributed by atoms with Crippen molar-refractivity contribution in [3.05, 3.63) is 0 Å². The third-order valence-corrected chi connectivity index (χ3v) is 2.62. The van der Waals surface area contributed by atoms with Crippen molar-refractivity contribution >= 4 is 5.97 Å². The van der Waals surface area contributed by atoms with Gasteiger partial charge in [-0.1, -0.05) is 0 Å². The molecule has 0 radical (unpaired) electrons. The van der Waals surface area contributed by atoms with Crippen LogP contribution in [0.4, 0.5) is 0 Å². The average Bonchev–Trinajstić information content (AvgIpc) is 2.18. The van der Waals surface area contributed by atoms with Gasteiger partial charge in [-0.2, -0.15) is 0 Å². The van der Waals surface area contributed by atoms with E-state index >= 15 is 0 Å². The molecule has 1 heterocycles. The monoisotopic (exact) mass is 201 g/mol. The maximum atomic E-state index is 11.8. The lowest BCUT2D eigenvalue weighted by Crippen LogP contribution is -2.45. The molecule has 4 heteroatoms. The second kappa shape index (κ2) is 4.75. The molecule has 1 aliphatic heterocycles. The van der Waals surface area contributed by atoms with E-state index in [9.17, 15) is 4.79 Å². The van der Waals surface area contributed by atoms with Gasteiger partial charge in [-0.25, -0.2) is 0 Å². The molecule has 0 aromatic carbocycles. The Morgan fingerprint density at radius 2 is 2.07 bits per heavy atom. The molecule has 82 valence electrons. The lowest BCUT2D eigenvalue weighted by Gasteiger charge is -2.34. The molecular weight excluding hydrogens is 182 g/mol. The summed E-state index contributed by atoms with van der Waals surface area (Å²) in [5, 5.41) is 0. The van der Waals surface area contributed by atoms with Gasteiger partial charge in [0.25, 0.3) is 0 Å². The number of carbonyl (C=O) groups is 1. The lowest BCUT2D eigenvalue weighted by molar-refractivity contribution is -0.165. The molecule has 0 aromatic rings. The second-order valence-electron chi connectivity index (χ2n) is 4.05. The van der Waals surface area contributed by atoms with Crippen LogP contribution in [0.1, 0.15) is 26.7 Å². The molecule has 1 rings (SSSR count). The minimum atomic E-state index is -0.497. The summed E-state index contributed by atoms with van der Waals surface area (Å²) >= 11 is 0. The fourth-order valence-corrected chi connectivity index (χ4v) is 1.59. The molecule has 4 nitrogen and oxygen atoms in total. The predicted octanol–water partition coefficient (Wildman–Crippen LogP) is 0.693. The van der Waals surface area contributed by atoms with E-state index in [1.165, 1.54) is 0 Å². The summed E-state index contributed by atoms with van der Waals surface area (Å²) in [6.45, 7) is 5.25. The number of carbonyl (C=O) groups excluding carboxylic acids is 1. The van der Waals surface area contributed by atoms with Crippen molar-refractivity contribution in [3.8, 4) is 0 Å². The zero-order valence-electron chi connectivity index (χ0n) is 8.91. The highest BCUT2D eigenvalue weighted by Crippen LogP contribution is 2.31. The maximum Gasteiger partial charge on any atom is 0.313 e. The SMILES string of the molecule is CC(C)OC(=O)C1(CN)CCOCC1. The van der Waals surface area contributed by atoms with Gasteiger partial charge in [-0.15, -0.1) is 0 Å². The van der Waals surface area contributed by atoms with E-state index < -0.39 is 5.41 Å². The van der Waals surface area contributed by atoms with Gasteiger partial charge in [0.1, 0.15) is 0 Å². The van der Waals surface area contributed by atoms with Crippen molar-refractivity contribution in [1.29, 1.82) is 0 Å². The summed E-state index contributed by atoms with van der Waals surface area (Å²) in [6, 6.07) is 0. The Balaban J connectivity index is 2.62. The number of esters is 1. The largest absolute Gasteiger partial charge is 0.463 e. The Bertz CT molecular complexity index is 198. The van der Waals surface area contributed by atoms with Gasteiger partial charge in [0, 0.05) is 19.8 Å². The number of rotatable bonds is 3. The molecule has 0 aromatic heterocycles. The summed E-state index contributed by atoms with van der Waals surface area (Å²) in [5.74, 6) is -0.168. The Kier molecular flexibility index (Phi) is 3.89. The van der Waals surface area contributed by atoms with E-state index in [0.717, 1.165) is 0 Å². The van der Waals surface area contributed by atoms with Crippen LogP contribution in [-0.2, 0) is 14.3 Å². The van der Waals surface area contributed by atoms with Gasteiger partial charge in [0.15, 0.2) is 0 Å². The van der Waals surface area contributed by atoms with Crippen LogP contribution in [0.3, 0.4) is 0 Å². The fourth-order valence-electron chi connectivity index (χ4n) is 1.59. The molecule has 0 bridgehead atoms. The molecule has 0 saturated carbocycles. The van der Waals surface area contributed by atoms with E-state index in [2.05, 4.69) is 0 Å². The first-order valence-electron chi connectivity index (χ1n) is 5.09. The molecule has 1 aliphatic rings. The van der Waals surface area contributed by atoms with Crippen LogP contribution in [0.15, 0.2) is 0 Å². The molecule has 1 saturated heterocycles. The highest BCUT2D eigenvalue weighted by Gasteiger charge is 2.40. The summed E-state index contributed by atoms with van der Waals surface area (Å²) < 4.78 is 10.4. The zero-order chi connectivity index (χ0) is 10.6. The highest BCUT2D eigenvalue weighted by atomic mass is 16.5. The molecule has 0 unspecified atom stereocenters. The van der Waals surface area contributed by atoms with Gasteiger partial charge in [-0.3, -0.25) is 4.79 Å². The van der Waals surface area contributed by atoms with E-state index in [4.69, 9.17) is 15.2 Å². The molecule has 0 spiro atoms. The van der Waals surface area contributed by atoms with Gasteiger partial charge in [-0.05, 0) is 26.7 Å². The molecule has 0 atom stereocenters. The summed E-state index contributed by atoms with van der Waals surface area (Å²) in [6.07, 6.45) is 1.28. The van der Waals surface area contributed by atoms with Crippen molar-refractivity contribution in [2.24, 2.45) is 11.1 Å². The van der Waals surface area contributed by atoms with Crippen LogP contribution in [0.5, 0.6) is 0 Å². The van der Waals surface area contributed by atoms with E-state index in [1.807, 2.05) is 13.8 Å². The summed E-state index contributed by atoms with van der Waals surface area (Å²) in [7, 11) is 0. The van der Waals surface area contributed by atoms with Crippen molar-refractivity contribution in [1.82, 2.24) is 0 Å². The zero-order valence-corrected chi connectivity index (χ0v) is 8.91. The second-order valence-corrected chi connectivity index (χ2v) is 4.05. The third kappa shape index (κ3) is 2.45. The van der Waals surface area contributed by atoms with E-state index in [0.29, 0.717) is 32.6 Å². The van der Waals surface area contributed by atoms with Crippen molar-refractivity contribution in [2.75, 3.05) is 19.8 Å². The molecule has 14 heavy (non-hydrogen) atoms. The first-order valence-corrected chi connectivity index (χ1v) is 5.09. The summed E-state index contributed by atoms with van der Waals surface area (Å²) in [5.41, 5.74) is 5.16. The maximum absolute atomic E-state index is 11.8. The molecule has 1 fully saturated rings. The van der Waals surface area contributed by atoms with Gasteiger partial charge >= 0.3 is 5.97 Å². The Morgan fingerprint density at radius 1 is 1.50 bits per heavy atom. The van der Waals surface area contributed by atoms with Gasteiger partial charge in [0.05, 0.1) is 11.5 Å². The molecule has 0 amide bonds. The first-order chi connectivity index (χ1) is 6.60. The molecule has 2 N–H and O–H groups in total. The van der Waals surface area contributed by atoms with Crippen LogP contribution >= 0.6 is 0 Å². The van der Waals surface area contributed by atoms with Crippen LogP contribution < -0.4 is 5.73 Å². The standard InChI is InChI=1S/C10H19NO3/c1-8(2)14-9(12)10(7-11)3-5-13-6-4-10/h8H,3-7,11H2,1-2H3. The smallest absolute Gasteiger partial charge is 0.313 e. The molecule has 0 aliphatic carbocycles. The first kappa shape index (κ1) is 11.5. The summed E-state index contributed by atoms with van der Waals surface area (Å²) in [4.78, 5) is 11.8. The number of hydrogen-bond acceptors (Lipinski definition) is 4. The average molecular weight is 201 g/mol. The lowest BCUT2D eigenvalue weighted by atomic mass is 9.80. The topological polar surface area (TPSA) is 61.5 Å². The van der Waals surface area contributed by atoms with Crippen LogP contribution in [0.25, 0.3) is 0 Å². The van der Waals surface area contributed by atoms with E-state index in [1.54, 1.807) is 0 Å². The number of nitrogens with two attached hydrogens (primary N) is 1. The number of hydrogen-bond donors (Lipinski definition) is 1. The van der Waals surface area contributed by atoms with Crippen LogP contribution in [0, 0.1) is 5.41 Å². The predicted molar refractivity (Wildman–Crippen MR) is 52.8 cm³/mol. The minimum Gasteiger partial charge on any atom is -0.463 e. The van der Waals surface area contributed by atoms with Crippen LogP contribution in [0.2, 0.25) is 0 Å². The Morgan fingerprint density at radius 3 is 2.50 bits per heavy atom. The number of ether oxygens (including phenoxy) is 2. The van der Waals surface area contributed by atoms with Gasteiger partial charge < -0.3 is 15.2 Å². The van der Waals surface area contributed by atoms with Crippen molar-refractivity contribution in [3.63, 3.8) is 0 Å². The van der Waals surface area contributed by atoms with Gasteiger partial charge in [0.2, 0.25) is 0 Å². The fraction of sp³-hybridized carbons (Fsp3) is 0.900. The normalized spacial score (nSPS) is 20.9. The van der Waals surface area contributed by atoms with Crippen LogP contribution in [-0.4, -0.2) is 31.8 Å². The third-order valence-electron chi connectivity index (χ3n) is 2.62. The van der Waals surface area contributed by atoms with Crippen molar-refractivity contribution < 1.29 is 14.3 Å². The Labute approximate surface area is 84.7 Å².